The van der Waals surface area contributed by atoms with Crippen molar-refractivity contribution in [2.75, 3.05) is 5.75 Å². The molecule has 4 aromatic carbocycles. The number of thioether (sulfide) groups is 1. The molecule has 0 spiro atoms. The Morgan fingerprint density at radius 3 is 2.35 bits per heavy atom. The molecule has 2 aliphatic rings. The second-order valence-electron chi connectivity index (χ2n) is 13.1. The first kappa shape index (κ1) is 36.8. The molecule has 0 bridgehead atoms. The molecular weight excluding hydrogens is 707 g/mol. The third-order valence-corrected chi connectivity index (χ3v) is 10.6. The van der Waals surface area contributed by atoms with Gasteiger partial charge < -0.3 is 29.8 Å². The van der Waals surface area contributed by atoms with Gasteiger partial charge in [-0.2, -0.15) is 4.73 Å². The first-order valence-corrected chi connectivity index (χ1v) is 18.6. The van der Waals surface area contributed by atoms with Gasteiger partial charge in [0.05, 0.1) is 31.8 Å². The molecule has 0 saturated carbocycles. The summed E-state index contributed by atoms with van der Waals surface area (Å²) in [5, 5.41) is 25.0. The van der Waals surface area contributed by atoms with Crippen LogP contribution in [0.2, 0.25) is 0 Å². The molecule has 0 radical (unpaired) electrons. The summed E-state index contributed by atoms with van der Waals surface area (Å²) < 4.78 is 19.1. The van der Waals surface area contributed by atoms with E-state index in [1.807, 2.05) is 109 Å². The van der Waals surface area contributed by atoms with Crippen LogP contribution in [0.1, 0.15) is 53.1 Å². The van der Waals surface area contributed by atoms with E-state index in [1.54, 1.807) is 12.1 Å². The number of nitrogens with one attached hydrogen (secondary N) is 1. The number of hydrogen-bond acceptors (Lipinski definition) is 9. The Hall–Kier alpha value is -5.53. The highest BCUT2D eigenvalue weighted by Gasteiger charge is 2.40. The number of carbonyl (C=O) groups is 3. The minimum absolute atomic E-state index is 0.0442. The van der Waals surface area contributed by atoms with E-state index in [1.165, 1.54) is 22.9 Å². The number of amides is 3. The second-order valence-corrected chi connectivity index (χ2v) is 14.1. The second kappa shape index (κ2) is 17.1. The summed E-state index contributed by atoms with van der Waals surface area (Å²) in [6, 6.07) is 36.5. The van der Waals surface area contributed by atoms with E-state index in [-0.39, 0.29) is 44.3 Å². The van der Waals surface area contributed by atoms with Gasteiger partial charge in [-0.3, -0.25) is 14.5 Å². The Morgan fingerprint density at radius 2 is 1.59 bits per heavy atom. The minimum Gasteiger partial charge on any atom is -0.618 e. The van der Waals surface area contributed by atoms with E-state index in [4.69, 9.17) is 14.2 Å². The van der Waals surface area contributed by atoms with E-state index >= 15 is 0 Å². The van der Waals surface area contributed by atoms with Crippen molar-refractivity contribution in [3.63, 3.8) is 0 Å². The molecule has 54 heavy (non-hydrogen) atoms. The van der Waals surface area contributed by atoms with Crippen molar-refractivity contribution >= 4 is 29.7 Å². The molecule has 2 aliphatic heterocycles. The maximum Gasteiger partial charge on any atom is 0.408 e. The van der Waals surface area contributed by atoms with Gasteiger partial charge >= 0.3 is 6.09 Å². The van der Waals surface area contributed by atoms with Crippen LogP contribution in [0.5, 0.6) is 0 Å². The molecule has 3 heterocycles. The summed E-state index contributed by atoms with van der Waals surface area (Å²) in [5.41, 5.74) is 5.87. The number of carbonyl (C=O) groups excluding carboxylic acids is 3. The van der Waals surface area contributed by atoms with Crippen molar-refractivity contribution in [1.29, 1.82) is 0 Å². The molecular formula is C42H39N3O8S. The molecule has 2 saturated heterocycles. The van der Waals surface area contributed by atoms with Gasteiger partial charge in [0.2, 0.25) is 5.91 Å². The fourth-order valence-electron chi connectivity index (χ4n) is 6.52. The molecule has 11 nitrogen and oxygen atoms in total. The van der Waals surface area contributed by atoms with Gasteiger partial charge in [0.25, 0.3) is 10.9 Å². The summed E-state index contributed by atoms with van der Waals surface area (Å²) in [6.45, 7) is 0.0438. The number of ether oxygens (including phenoxy) is 3. The van der Waals surface area contributed by atoms with Gasteiger partial charge in [-0.25, -0.2) is 4.79 Å². The highest BCUT2D eigenvalue weighted by Crippen LogP contribution is 2.40. The topological polar surface area (TPSA) is 141 Å². The SMILES string of the molecule is O=C(NC1CC(=O)N(Cc2ccccc2-c2ccc([C@H]3O[C@@H](CSc4cccc[n+]4[O-])C[C@@H](c4ccc(CO)cc4)O3)cc2)C1=O)OCc1ccccc1. The maximum atomic E-state index is 13.3. The van der Waals surface area contributed by atoms with Gasteiger partial charge in [0, 0.05) is 29.9 Å². The number of aliphatic hydroxyl groups is 1. The van der Waals surface area contributed by atoms with E-state index in [0.29, 0.717) is 17.2 Å². The van der Waals surface area contributed by atoms with Crippen molar-refractivity contribution in [1.82, 2.24) is 10.2 Å². The van der Waals surface area contributed by atoms with Crippen LogP contribution in [0, 0.1) is 5.21 Å². The summed E-state index contributed by atoms with van der Waals surface area (Å²) in [4.78, 5) is 39.9. The summed E-state index contributed by atoms with van der Waals surface area (Å²) in [5.74, 6) is -0.322. The molecule has 2 fully saturated rings. The molecule has 5 aromatic rings. The van der Waals surface area contributed by atoms with Gasteiger partial charge in [-0.05, 0) is 39.4 Å². The number of pyridine rings is 1. The van der Waals surface area contributed by atoms with Crippen molar-refractivity contribution in [3.8, 4) is 11.1 Å². The number of rotatable bonds is 12. The average Bonchev–Trinajstić information content (AvgIpc) is 3.47. The lowest BCUT2D eigenvalue weighted by molar-refractivity contribution is -0.645. The van der Waals surface area contributed by atoms with Crippen molar-refractivity contribution in [2.24, 2.45) is 0 Å². The van der Waals surface area contributed by atoms with Crippen molar-refractivity contribution < 1.29 is 38.4 Å². The van der Waals surface area contributed by atoms with Crippen LogP contribution >= 0.6 is 11.8 Å². The Morgan fingerprint density at radius 1 is 0.870 bits per heavy atom. The van der Waals surface area contributed by atoms with E-state index in [9.17, 15) is 24.7 Å². The molecule has 1 aromatic heterocycles. The quantitative estimate of drug-likeness (QED) is 0.0645. The zero-order valence-corrected chi connectivity index (χ0v) is 30.1. The van der Waals surface area contributed by atoms with Gasteiger partial charge in [0.1, 0.15) is 12.6 Å². The summed E-state index contributed by atoms with van der Waals surface area (Å²) in [6.07, 6.45) is -0.0443. The third-order valence-electron chi connectivity index (χ3n) is 9.41. The minimum atomic E-state index is -1.00. The lowest BCUT2D eigenvalue weighted by Crippen LogP contribution is -2.41. The Kier molecular flexibility index (Phi) is 11.6. The van der Waals surface area contributed by atoms with Crippen molar-refractivity contribution in [2.45, 2.75) is 62.2 Å². The number of aromatic nitrogens is 1. The van der Waals surface area contributed by atoms with Crippen molar-refractivity contribution in [3.05, 3.63) is 161 Å². The molecule has 12 heteroatoms. The normalized spacial score (nSPS) is 19.8. The van der Waals surface area contributed by atoms with E-state index in [2.05, 4.69) is 5.32 Å². The highest BCUT2D eigenvalue weighted by molar-refractivity contribution is 7.99. The zero-order chi connectivity index (χ0) is 37.4. The first-order valence-electron chi connectivity index (χ1n) is 17.7. The van der Waals surface area contributed by atoms with Crippen LogP contribution in [0.25, 0.3) is 11.1 Å². The number of benzene rings is 4. The maximum absolute atomic E-state index is 13.3. The number of likely N-dealkylation sites (tertiary alicyclic amines) is 1. The Bertz CT molecular complexity index is 2080. The van der Waals surface area contributed by atoms with Crippen LogP contribution in [-0.2, 0) is 43.6 Å². The molecule has 0 aliphatic carbocycles. The number of imide groups is 1. The van der Waals surface area contributed by atoms with Gasteiger partial charge in [-0.1, -0.05) is 115 Å². The van der Waals surface area contributed by atoms with Crippen LogP contribution in [0.15, 0.2) is 133 Å². The smallest absolute Gasteiger partial charge is 0.408 e. The number of nitrogens with zero attached hydrogens (tertiary/aromatic N) is 2. The third kappa shape index (κ3) is 8.80. The molecule has 4 atom stereocenters. The standard InChI is InChI=1S/C42H39N3O8S/c46-25-28-13-15-31(16-14-28)37-22-34(27-54-39-12-6-7-21-45(39)50)52-41(53-37)32-19-17-30(18-20-32)35-11-5-4-10-33(35)24-44-38(47)23-36(40(44)48)43-42(49)51-26-29-8-2-1-3-9-29/h1-21,34,36-37,41,46H,22-27H2,(H,43,49)/t34-,36?,37+,41+/m1/s1. The van der Waals surface area contributed by atoms with E-state index in [0.717, 1.165) is 43.7 Å². The molecule has 7 rings (SSSR count). The molecule has 3 amide bonds. The Labute approximate surface area is 317 Å². The predicted molar refractivity (Wildman–Crippen MR) is 200 cm³/mol. The largest absolute Gasteiger partial charge is 0.618 e. The van der Waals surface area contributed by atoms with Crippen LogP contribution in [-0.4, -0.2) is 45.8 Å². The fourth-order valence-corrected chi connectivity index (χ4v) is 7.46. The van der Waals surface area contributed by atoms with Crippen LogP contribution in [0.3, 0.4) is 0 Å². The number of aliphatic hydroxyl groups excluding tert-OH is 1. The van der Waals surface area contributed by atoms with Crippen LogP contribution in [0.4, 0.5) is 4.79 Å². The predicted octanol–water partition coefficient (Wildman–Crippen LogP) is 6.37. The van der Waals surface area contributed by atoms with Gasteiger partial charge in [0.15, 0.2) is 12.5 Å². The monoisotopic (exact) mass is 745 g/mol. The summed E-state index contributed by atoms with van der Waals surface area (Å²) >= 11 is 1.43. The number of hydrogen-bond donors (Lipinski definition) is 2. The first-order chi connectivity index (χ1) is 26.3. The Balaban J connectivity index is 1.03. The molecule has 2 N–H and O–H groups in total. The van der Waals surface area contributed by atoms with Gasteiger partial charge in [-0.15, -0.1) is 0 Å². The lowest BCUT2D eigenvalue weighted by atomic mass is 9.97. The van der Waals surface area contributed by atoms with E-state index < -0.39 is 24.3 Å². The zero-order valence-electron chi connectivity index (χ0n) is 29.3. The average molecular weight is 746 g/mol. The fraction of sp³-hybridized carbons (Fsp3) is 0.238. The lowest BCUT2D eigenvalue weighted by Gasteiger charge is -2.36. The summed E-state index contributed by atoms with van der Waals surface area (Å²) in [7, 11) is 0. The molecule has 1 unspecified atom stereocenters. The number of alkyl carbamates (subject to hydrolysis) is 1. The highest BCUT2D eigenvalue weighted by atomic mass is 32.2. The van der Waals surface area contributed by atoms with Crippen LogP contribution < -0.4 is 10.0 Å². The molecule has 276 valence electrons.